The second-order valence-electron chi connectivity index (χ2n) is 7.91. The minimum absolute atomic E-state index is 0.204. The molecule has 0 spiro atoms. The van der Waals surface area contributed by atoms with Gasteiger partial charge in [0, 0.05) is 16.3 Å². The van der Waals surface area contributed by atoms with Crippen molar-refractivity contribution in [2.24, 2.45) is 0 Å². The highest BCUT2D eigenvalue weighted by Gasteiger charge is 2.39. The molecule has 2 aromatic rings. The molecule has 0 fully saturated rings. The number of ether oxygens (including phenoxy) is 2. The number of carbonyl (C=O) groups excluding carboxylic acids is 2. The minimum atomic E-state index is -0.692. The van der Waals surface area contributed by atoms with E-state index in [1.165, 1.54) is 7.11 Å². The van der Waals surface area contributed by atoms with Crippen molar-refractivity contribution < 1.29 is 24.2 Å². The maximum atomic E-state index is 13.3. The summed E-state index contributed by atoms with van der Waals surface area (Å²) >= 11 is 1.55. The number of rotatable bonds is 9. The number of benzene rings is 2. The maximum Gasteiger partial charge on any atom is 0.336 e. The summed E-state index contributed by atoms with van der Waals surface area (Å²) in [5, 5.41) is 14.0. The lowest BCUT2D eigenvalue weighted by Crippen LogP contribution is -2.33. The van der Waals surface area contributed by atoms with Crippen molar-refractivity contribution in [2.75, 3.05) is 20.0 Å². The maximum absolute atomic E-state index is 13.3. The molecule has 6 nitrogen and oxygen atoms in total. The van der Waals surface area contributed by atoms with E-state index < -0.39 is 24.0 Å². The molecule has 0 saturated carbocycles. The fraction of sp³-hybridized carbons (Fsp3) is 0.333. The largest absolute Gasteiger partial charge is 0.466 e. The first-order valence-corrected chi connectivity index (χ1v) is 12.5. The zero-order chi connectivity index (χ0) is 24.7. The Kier molecular flexibility index (Phi) is 8.96. The number of aliphatic hydroxyl groups is 1. The summed E-state index contributed by atoms with van der Waals surface area (Å²) in [4.78, 5) is 27.2. The van der Waals surface area contributed by atoms with Crippen molar-refractivity contribution in [1.82, 2.24) is 5.32 Å². The smallest absolute Gasteiger partial charge is 0.336 e. The second kappa shape index (κ2) is 11.9. The highest BCUT2D eigenvalue weighted by Crippen LogP contribution is 2.43. The minimum Gasteiger partial charge on any atom is -0.466 e. The number of hydrogen-bond acceptors (Lipinski definition) is 7. The molecule has 3 rings (SSSR count). The third kappa shape index (κ3) is 5.54. The van der Waals surface area contributed by atoms with E-state index in [0.29, 0.717) is 35.4 Å². The normalized spacial score (nSPS) is 16.7. The topological polar surface area (TPSA) is 84.9 Å². The number of carbonyl (C=O) groups is 2. The van der Waals surface area contributed by atoms with Crippen LogP contribution in [-0.2, 0) is 19.1 Å². The van der Waals surface area contributed by atoms with Gasteiger partial charge in [0.25, 0.3) is 0 Å². The van der Waals surface area contributed by atoms with Gasteiger partial charge in [0.1, 0.15) is 0 Å². The van der Waals surface area contributed by atoms with Crippen LogP contribution in [0, 0.1) is 0 Å². The molecule has 1 heterocycles. The summed E-state index contributed by atoms with van der Waals surface area (Å²) in [7, 11) is 1.33. The van der Waals surface area contributed by atoms with E-state index >= 15 is 0 Å². The van der Waals surface area contributed by atoms with Gasteiger partial charge in [-0.2, -0.15) is 0 Å². The number of esters is 2. The average molecular weight is 482 g/mol. The molecule has 2 N–H and O–H groups in total. The van der Waals surface area contributed by atoms with Crippen LogP contribution in [0.5, 0.6) is 0 Å². The average Bonchev–Trinajstić information content (AvgIpc) is 2.86. The Morgan fingerprint density at radius 3 is 2.38 bits per heavy atom. The molecule has 0 aromatic heterocycles. The van der Waals surface area contributed by atoms with E-state index in [1.807, 2.05) is 60.9 Å². The van der Waals surface area contributed by atoms with E-state index in [4.69, 9.17) is 9.47 Å². The third-order valence-corrected chi connectivity index (χ3v) is 6.66. The number of nitrogens with one attached hydrogen (secondary N) is 1. The molecule has 0 saturated heterocycles. The summed E-state index contributed by atoms with van der Waals surface area (Å²) in [6.07, 6.45) is 2.06. The van der Waals surface area contributed by atoms with Crippen LogP contribution in [0.1, 0.15) is 49.8 Å². The molecule has 1 aliphatic rings. The Labute approximate surface area is 205 Å². The van der Waals surface area contributed by atoms with Crippen LogP contribution in [-0.4, -0.2) is 37.0 Å². The first-order chi connectivity index (χ1) is 16.4. The van der Waals surface area contributed by atoms with Crippen LogP contribution < -0.4 is 5.32 Å². The summed E-state index contributed by atoms with van der Waals surface area (Å²) in [6.45, 7) is 3.76. The van der Waals surface area contributed by atoms with Crippen molar-refractivity contribution in [3.05, 3.63) is 88.3 Å². The molecule has 7 heteroatoms. The molecular formula is C27H31NO5S. The molecule has 2 unspecified atom stereocenters. The van der Waals surface area contributed by atoms with Gasteiger partial charge in [-0.3, -0.25) is 0 Å². The highest BCUT2D eigenvalue weighted by molar-refractivity contribution is 7.98. The van der Waals surface area contributed by atoms with Gasteiger partial charge < -0.3 is 19.9 Å². The third-order valence-electron chi connectivity index (χ3n) is 5.85. The van der Waals surface area contributed by atoms with Crippen LogP contribution in [0.2, 0.25) is 0 Å². The first kappa shape index (κ1) is 25.6. The van der Waals surface area contributed by atoms with Gasteiger partial charge >= 0.3 is 11.9 Å². The SMILES string of the molecule is CCOC(=O)C1=C(CCC(O)c2ccccc2)NC(C)=C(C(=O)OC)C1c1ccccc1SC. The first-order valence-electron chi connectivity index (χ1n) is 11.2. The molecule has 0 amide bonds. The standard InChI is InChI=1S/C27H31NO5S/c1-5-33-27(31)25-20(15-16-21(29)18-11-7-6-8-12-18)28-17(2)23(26(30)32-3)24(25)19-13-9-10-14-22(19)34-4/h6-14,21,24,28-29H,5,15-16H2,1-4H3. The summed E-state index contributed by atoms with van der Waals surface area (Å²) in [6, 6.07) is 17.1. The van der Waals surface area contributed by atoms with Gasteiger partial charge in [-0.1, -0.05) is 48.5 Å². The monoisotopic (exact) mass is 481 g/mol. The molecule has 0 aliphatic carbocycles. The summed E-state index contributed by atoms with van der Waals surface area (Å²) in [5.41, 5.74) is 3.64. The second-order valence-corrected chi connectivity index (χ2v) is 8.76. The Hall–Kier alpha value is -3.03. The van der Waals surface area contributed by atoms with E-state index in [2.05, 4.69) is 5.32 Å². The highest BCUT2D eigenvalue weighted by atomic mass is 32.2. The van der Waals surface area contributed by atoms with Crippen molar-refractivity contribution in [3.8, 4) is 0 Å². The van der Waals surface area contributed by atoms with Gasteiger partial charge in [0.15, 0.2) is 0 Å². The number of allylic oxidation sites excluding steroid dienone is 2. The zero-order valence-corrected chi connectivity index (χ0v) is 20.8. The molecule has 34 heavy (non-hydrogen) atoms. The van der Waals surface area contributed by atoms with Crippen LogP contribution in [0.15, 0.2) is 82.0 Å². The van der Waals surface area contributed by atoms with Crippen molar-refractivity contribution in [1.29, 1.82) is 0 Å². The molecular weight excluding hydrogens is 450 g/mol. The molecule has 2 aromatic carbocycles. The Balaban J connectivity index is 2.11. The van der Waals surface area contributed by atoms with Crippen LogP contribution in [0.3, 0.4) is 0 Å². The number of methoxy groups -OCH3 is 1. The van der Waals surface area contributed by atoms with Crippen molar-refractivity contribution >= 4 is 23.7 Å². The number of thioether (sulfide) groups is 1. The van der Waals surface area contributed by atoms with Gasteiger partial charge in [0.2, 0.25) is 0 Å². The Bertz CT molecular complexity index is 1090. The van der Waals surface area contributed by atoms with Crippen molar-refractivity contribution in [3.63, 3.8) is 0 Å². The van der Waals surface area contributed by atoms with E-state index in [9.17, 15) is 14.7 Å². The van der Waals surface area contributed by atoms with Crippen LogP contribution in [0.4, 0.5) is 0 Å². The number of aliphatic hydroxyl groups excluding tert-OH is 1. The predicted molar refractivity (Wildman–Crippen MR) is 133 cm³/mol. The molecule has 180 valence electrons. The lowest BCUT2D eigenvalue weighted by molar-refractivity contribution is -0.139. The number of hydrogen-bond donors (Lipinski definition) is 2. The van der Waals surface area contributed by atoms with Gasteiger partial charge in [-0.15, -0.1) is 11.8 Å². The van der Waals surface area contributed by atoms with E-state index in [0.717, 1.165) is 16.0 Å². The molecule has 2 atom stereocenters. The fourth-order valence-electron chi connectivity index (χ4n) is 4.26. The lowest BCUT2D eigenvalue weighted by atomic mass is 9.79. The molecule has 0 radical (unpaired) electrons. The summed E-state index contributed by atoms with van der Waals surface area (Å²) in [5.74, 6) is -1.65. The van der Waals surface area contributed by atoms with E-state index in [1.54, 1.807) is 25.6 Å². The van der Waals surface area contributed by atoms with Gasteiger partial charge in [-0.05, 0) is 50.1 Å². The molecule has 1 aliphatic heterocycles. The molecule has 0 bridgehead atoms. The zero-order valence-electron chi connectivity index (χ0n) is 20.0. The number of dihydropyridines is 1. The quantitative estimate of drug-likeness (QED) is 0.390. The lowest BCUT2D eigenvalue weighted by Gasteiger charge is -2.32. The Morgan fingerprint density at radius 2 is 1.74 bits per heavy atom. The summed E-state index contributed by atoms with van der Waals surface area (Å²) < 4.78 is 10.6. The Morgan fingerprint density at radius 1 is 1.06 bits per heavy atom. The van der Waals surface area contributed by atoms with Gasteiger partial charge in [-0.25, -0.2) is 9.59 Å². The van der Waals surface area contributed by atoms with E-state index in [-0.39, 0.29) is 6.61 Å². The van der Waals surface area contributed by atoms with Crippen LogP contribution in [0.25, 0.3) is 0 Å². The predicted octanol–water partition coefficient (Wildman–Crippen LogP) is 4.87. The van der Waals surface area contributed by atoms with Crippen molar-refractivity contribution in [2.45, 2.75) is 43.6 Å². The van der Waals surface area contributed by atoms with Crippen LogP contribution >= 0.6 is 11.8 Å². The van der Waals surface area contributed by atoms with Gasteiger partial charge in [0.05, 0.1) is 36.9 Å². The fourth-order valence-corrected chi connectivity index (χ4v) is 4.90.